The maximum atomic E-state index is 9.81. The minimum atomic E-state index is -0.938. The second-order valence-electron chi connectivity index (χ2n) is 11.4. The van der Waals surface area contributed by atoms with Crippen LogP contribution in [-0.4, -0.2) is 13.7 Å². The maximum absolute atomic E-state index is 9.81. The number of benzene rings is 8. The quantitative estimate of drug-likeness (QED) is 0.176. The van der Waals surface area contributed by atoms with Crippen LogP contribution in [0.2, 0.25) is 0 Å². The largest absolute Gasteiger partial charge is 0.309 e. The highest BCUT2D eigenvalue weighted by molar-refractivity contribution is 6.17. The zero-order valence-corrected chi connectivity index (χ0v) is 25.7. The van der Waals surface area contributed by atoms with Crippen LogP contribution in [0, 0.1) is 0 Å². The van der Waals surface area contributed by atoms with Gasteiger partial charge in [0.25, 0.3) is 0 Å². The smallest absolute Gasteiger partial charge is 0.0646 e. The summed E-state index contributed by atoms with van der Waals surface area (Å²) in [6.45, 7) is 0. The van der Waals surface area contributed by atoms with Gasteiger partial charge in [-0.25, -0.2) is 0 Å². The topological polar surface area (TPSA) is 14.8 Å². The van der Waals surface area contributed by atoms with Crippen molar-refractivity contribution in [2.45, 2.75) is 0 Å². The summed E-state index contributed by atoms with van der Waals surface area (Å²) < 4.78 is 237. The molecular formula is C48H31N3. The van der Waals surface area contributed by atoms with Gasteiger partial charge in [-0.1, -0.05) is 121 Å². The number of aromatic nitrogens is 3. The van der Waals surface area contributed by atoms with E-state index in [2.05, 4.69) is 0 Å². The van der Waals surface area contributed by atoms with E-state index in [9.17, 15) is 15.1 Å². The van der Waals surface area contributed by atoms with Crippen LogP contribution in [0.25, 0.3) is 93.6 Å². The molecule has 0 unspecified atom stereocenters. The van der Waals surface area contributed by atoms with Crippen molar-refractivity contribution in [2.24, 2.45) is 0 Å². The minimum Gasteiger partial charge on any atom is -0.309 e. The first-order valence-electron chi connectivity index (χ1n) is 28.4. The number of hydrogen-bond donors (Lipinski definition) is 0. The van der Waals surface area contributed by atoms with Gasteiger partial charge in [0.15, 0.2) is 0 Å². The van der Waals surface area contributed by atoms with E-state index in [4.69, 9.17) is 20.6 Å². The van der Waals surface area contributed by atoms with Gasteiger partial charge in [-0.3, -0.25) is 0 Å². The molecule has 0 aliphatic rings. The second kappa shape index (κ2) is 10.8. The van der Waals surface area contributed by atoms with Crippen molar-refractivity contribution < 1.29 is 35.6 Å². The first-order chi connectivity index (χ1) is 36.1. The lowest BCUT2D eigenvalue weighted by Crippen LogP contribution is -1.97. The molecule has 0 aliphatic carbocycles. The van der Waals surface area contributed by atoms with Crippen molar-refractivity contribution in [3.63, 3.8) is 0 Å². The molecule has 11 aromatic rings. The Bertz CT molecular complexity index is 4540. The molecule has 0 amide bonds. The van der Waals surface area contributed by atoms with E-state index in [-0.39, 0.29) is 38.6 Å². The Kier molecular flexibility index (Phi) is 2.72. The number of rotatable bonds is 4. The third-order valence-corrected chi connectivity index (χ3v) is 8.82. The van der Waals surface area contributed by atoms with Crippen LogP contribution in [0.5, 0.6) is 0 Å². The highest BCUT2D eigenvalue weighted by Gasteiger charge is 2.20. The normalized spacial score (nSPS) is 19.1. The van der Waals surface area contributed by atoms with E-state index in [1.807, 2.05) is 0 Å². The summed E-state index contributed by atoms with van der Waals surface area (Å²) in [7, 11) is 0. The molecule has 0 N–H and O–H groups in total. The van der Waals surface area contributed by atoms with Crippen LogP contribution >= 0.6 is 0 Å². The lowest BCUT2D eigenvalue weighted by atomic mass is 10.1. The molecule has 3 heterocycles. The Hall–Kier alpha value is -6.84. The van der Waals surface area contributed by atoms with Crippen molar-refractivity contribution >= 4 is 65.4 Å². The monoisotopic (exact) mass is 675 g/mol. The van der Waals surface area contributed by atoms with Crippen LogP contribution in [-0.2, 0) is 0 Å². The fourth-order valence-corrected chi connectivity index (χ4v) is 6.76. The standard InChI is InChI=1S/C48H31N3/c1-2-14-32(15-3-1)33-16-12-17-34(30-33)49-41-22-8-6-20-38(41)40-31-35(28-29-45(40)49)50-44-25-11-7-21-39(44)48-46(50)26-13-27-47(48)51-42-23-9-4-18-36(42)37-19-5-10-24-43(37)51/h1-31H/i1D,2D,3D,4D,5D,6D,7D,8D,9D,10D,11D,13D,14D,15D,18D,19D,20D,21D,22D,23D,24D,25D,26D,27D,28D,29D. The van der Waals surface area contributed by atoms with Crippen LogP contribution in [0.3, 0.4) is 0 Å². The molecule has 0 bridgehead atoms. The first kappa shape index (κ1) is 12.8. The average molecular weight is 676 g/mol. The average Bonchev–Trinajstić information content (AvgIpc) is 4.07. The van der Waals surface area contributed by atoms with Gasteiger partial charge >= 0.3 is 0 Å². The van der Waals surface area contributed by atoms with Crippen LogP contribution in [0.15, 0.2) is 187 Å². The number of fused-ring (bicyclic) bond motifs is 9. The molecule has 3 heteroatoms. The van der Waals surface area contributed by atoms with Gasteiger partial charge in [-0.2, -0.15) is 0 Å². The van der Waals surface area contributed by atoms with Crippen molar-refractivity contribution in [3.8, 4) is 28.2 Å². The molecule has 238 valence electrons. The molecule has 8 aromatic carbocycles. The summed E-state index contributed by atoms with van der Waals surface area (Å²) in [4.78, 5) is 0. The van der Waals surface area contributed by atoms with E-state index in [0.29, 0.717) is 0 Å². The van der Waals surface area contributed by atoms with Crippen LogP contribution in [0.1, 0.15) is 35.6 Å². The molecule has 51 heavy (non-hydrogen) atoms. The predicted molar refractivity (Wildman–Crippen MR) is 215 cm³/mol. The zero-order chi connectivity index (χ0) is 56.1. The molecule has 0 atom stereocenters. The molecule has 0 aliphatic heterocycles. The number of hydrogen-bond acceptors (Lipinski definition) is 0. The molecule has 0 fully saturated rings. The lowest BCUT2D eigenvalue weighted by Gasteiger charge is -2.12. The molecule has 0 saturated carbocycles. The Balaban J connectivity index is 1.36. The Morgan fingerprint density at radius 3 is 1.57 bits per heavy atom. The zero-order valence-electron chi connectivity index (χ0n) is 51.7. The third kappa shape index (κ3) is 4.06. The van der Waals surface area contributed by atoms with Gasteiger partial charge in [0.1, 0.15) is 0 Å². The summed E-state index contributed by atoms with van der Waals surface area (Å²) in [5.41, 5.74) is -3.86. The molecule has 0 saturated heterocycles. The molecule has 11 rings (SSSR count). The maximum Gasteiger partial charge on any atom is 0.0646 e. The van der Waals surface area contributed by atoms with E-state index in [0.717, 1.165) is 9.13 Å². The van der Waals surface area contributed by atoms with E-state index < -0.39 is 212 Å². The Morgan fingerprint density at radius 2 is 0.863 bits per heavy atom. The van der Waals surface area contributed by atoms with Crippen molar-refractivity contribution in [1.82, 2.24) is 13.7 Å². The first-order valence-corrected chi connectivity index (χ1v) is 15.4. The SMILES string of the molecule is [2H]c1c([2H])c([2H])c(-c2cccc(-n3c4c([2H])c([2H])c(-n5c6c([2H])c([2H])c([2H])c([2H])c6c6c(-n7c8c([2H])c([2H])c([2H])c([2H])c8c8c([2H])c([2H])c([2H])c([2H])c87)c([2H])c([2H])c([2H])c65)cc4c4c([2H])c([2H])c([2H])c([2H])c43)c2)c([2H])c1[2H]. The van der Waals surface area contributed by atoms with Crippen molar-refractivity contribution in [1.29, 1.82) is 0 Å². The minimum absolute atomic E-state index is 0.0352. The highest BCUT2D eigenvalue weighted by atomic mass is 15.0. The Labute approximate surface area is 331 Å². The fourth-order valence-electron chi connectivity index (χ4n) is 6.76. The molecule has 0 spiro atoms. The van der Waals surface area contributed by atoms with Gasteiger partial charge in [0.2, 0.25) is 0 Å². The lowest BCUT2D eigenvalue weighted by molar-refractivity contribution is 1.16. The van der Waals surface area contributed by atoms with E-state index in [1.54, 1.807) is 0 Å². The van der Waals surface area contributed by atoms with E-state index in [1.165, 1.54) is 34.9 Å². The summed E-state index contributed by atoms with van der Waals surface area (Å²) in [6.07, 6.45) is 0. The number of nitrogens with zero attached hydrogens (tertiary/aromatic N) is 3. The highest BCUT2D eigenvalue weighted by Crippen LogP contribution is 2.41. The van der Waals surface area contributed by atoms with Crippen molar-refractivity contribution in [3.05, 3.63) is 187 Å². The summed E-state index contributed by atoms with van der Waals surface area (Å²) in [5, 5.41) is -2.27. The third-order valence-electron chi connectivity index (χ3n) is 8.82. The van der Waals surface area contributed by atoms with Crippen molar-refractivity contribution in [2.75, 3.05) is 0 Å². The van der Waals surface area contributed by atoms with Gasteiger partial charge in [-0.15, -0.1) is 0 Å². The van der Waals surface area contributed by atoms with Crippen LogP contribution in [0.4, 0.5) is 0 Å². The molecule has 3 nitrogen and oxygen atoms in total. The van der Waals surface area contributed by atoms with Gasteiger partial charge < -0.3 is 13.7 Å². The van der Waals surface area contributed by atoms with E-state index >= 15 is 0 Å². The summed E-state index contributed by atoms with van der Waals surface area (Å²) in [6, 6.07) is -12.8. The molecule has 3 aromatic heterocycles. The second-order valence-corrected chi connectivity index (χ2v) is 11.4. The summed E-state index contributed by atoms with van der Waals surface area (Å²) >= 11 is 0. The Morgan fingerprint density at radius 1 is 0.333 bits per heavy atom. The molecular weight excluding hydrogens is 619 g/mol. The van der Waals surface area contributed by atoms with Crippen LogP contribution < -0.4 is 0 Å². The van der Waals surface area contributed by atoms with Gasteiger partial charge in [0, 0.05) is 43.7 Å². The fraction of sp³-hybridized carbons (Fsp3) is 0. The van der Waals surface area contributed by atoms with Gasteiger partial charge in [-0.05, 0) is 77.7 Å². The predicted octanol–water partition coefficient (Wildman–Crippen LogP) is 12.6. The van der Waals surface area contributed by atoms with Gasteiger partial charge in [0.05, 0.1) is 74.4 Å². The molecule has 0 radical (unpaired) electrons. The number of para-hydroxylation sites is 4. The summed E-state index contributed by atoms with van der Waals surface area (Å²) in [5.74, 6) is 0.